The molecule has 1 heterocycles. The largest absolute Gasteiger partial charge is 0.496 e. The highest BCUT2D eigenvalue weighted by Crippen LogP contribution is 2.29. The van der Waals surface area contributed by atoms with Gasteiger partial charge in [0.25, 0.3) is 0 Å². The molecule has 0 aliphatic heterocycles. The van der Waals surface area contributed by atoms with Gasteiger partial charge in [-0.25, -0.2) is 0 Å². The van der Waals surface area contributed by atoms with Crippen molar-refractivity contribution in [1.82, 2.24) is 5.43 Å². The Hall–Kier alpha value is -1.36. The molecule has 1 atom stereocenters. The molecule has 0 radical (unpaired) electrons. The maximum Gasteiger partial charge on any atom is 0.129 e. The summed E-state index contributed by atoms with van der Waals surface area (Å²) in [5.41, 5.74) is 4.27. The molecule has 4 heteroatoms. The van der Waals surface area contributed by atoms with E-state index in [1.165, 1.54) is 10.4 Å². The van der Waals surface area contributed by atoms with Crippen molar-refractivity contribution in [2.75, 3.05) is 7.11 Å². The second-order valence-corrected chi connectivity index (χ2v) is 5.43. The number of ether oxygens (including phenoxy) is 1. The van der Waals surface area contributed by atoms with Crippen LogP contribution in [0.3, 0.4) is 0 Å². The SMILES string of the molecule is COc1csc(C(CCCc2ccccc2)NN)c1. The number of rotatable bonds is 7. The molecule has 2 aromatic rings. The molecule has 0 saturated carbocycles. The molecule has 3 nitrogen and oxygen atoms in total. The Bertz CT molecular complexity index is 484. The zero-order valence-electron chi connectivity index (χ0n) is 11.1. The number of thiophene rings is 1. The summed E-state index contributed by atoms with van der Waals surface area (Å²) in [6.45, 7) is 0. The Balaban J connectivity index is 1.86. The van der Waals surface area contributed by atoms with Gasteiger partial charge in [-0.2, -0.15) is 0 Å². The van der Waals surface area contributed by atoms with Gasteiger partial charge in [0.05, 0.1) is 13.2 Å². The third-order valence-electron chi connectivity index (χ3n) is 3.18. The lowest BCUT2D eigenvalue weighted by Crippen LogP contribution is -2.27. The van der Waals surface area contributed by atoms with Crippen molar-refractivity contribution in [2.45, 2.75) is 25.3 Å². The molecule has 0 bridgehead atoms. The van der Waals surface area contributed by atoms with E-state index in [9.17, 15) is 0 Å². The molecule has 0 fully saturated rings. The van der Waals surface area contributed by atoms with Crippen LogP contribution in [0.5, 0.6) is 5.75 Å². The molecule has 0 amide bonds. The standard InChI is InChI=1S/C15H20N2OS/c1-18-13-10-15(19-11-13)14(17-16)9-5-8-12-6-3-2-4-7-12/h2-4,6-7,10-11,14,17H,5,8-9,16H2,1H3. The number of nitrogens with one attached hydrogen (secondary N) is 1. The fraction of sp³-hybridized carbons (Fsp3) is 0.333. The van der Waals surface area contributed by atoms with Crippen LogP contribution in [0.4, 0.5) is 0 Å². The summed E-state index contributed by atoms with van der Waals surface area (Å²) >= 11 is 1.69. The van der Waals surface area contributed by atoms with E-state index in [0.717, 1.165) is 25.0 Å². The summed E-state index contributed by atoms with van der Waals surface area (Å²) in [7, 11) is 1.69. The monoisotopic (exact) mass is 276 g/mol. The fourth-order valence-corrected chi connectivity index (χ4v) is 3.04. The van der Waals surface area contributed by atoms with Crippen LogP contribution >= 0.6 is 11.3 Å². The summed E-state index contributed by atoms with van der Waals surface area (Å²) < 4.78 is 5.21. The third kappa shape index (κ3) is 4.06. The Morgan fingerprint density at radius 3 is 2.74 bits per heavy atom. The van der Waals surface area contributed by atoms with Crippen molar-refractivity contribution in [3.63, 3.8) is 0 Å². The topological polar surface area (TPSA) is 47.3 Å². The maximum atomic E-state index is 5.65. The van der Waals surface area contributed by atoms with Crippen molar-refractivity contribution >= 4 is 11.3 Å². The van der Waals surface area contributed by atoms with Gasteiger partial charge in [-0.15, -0.1) is 11.3 Å². The summed E-state index contributed by atoms with van der Waals surface area (Å²) in [6.07, 6.45) is 3.22. The Kier molecular flexibility index (Phi) is 5.39. The normalized spacial score (nSPS) is 12.3. The average Bonchev–Trinajstić information content (AvgIpc) is 2.93. The fourth-order valence-electron chi connectivity index (χ4n) is 2.09. The second kappa shape index (κ2) is 7.28. The predicted octanol–water partition coefficient (Wildman–Crippen LogP) is 3.28. The molecule has 1 unspecified atom stereocenters. The number of hydrazine groups is 1. The highest BCUT2D eigenvalue weighted by Gasteiger charge is 2.12. The van der Waals surface area contributed by atoms with Gasteiger partial charge in [0.1, 0.15) is 5.75 Å². The quantitative estimate of drug-likeness (QED) is 0.602. The minimum atomic E-state index is 0.206. The van der Waals surface area contributed by atoms with Crippen molar-refractivity contribution in [1.29, 1.82) is 0 Å². The van der Waals surface area contributed by atoms with Crippen LogP contribution < -0.4 is 16.0 Å². The number of methoxy groups -OCH3 is 1. The zero-order chi connectivity index (χ0) is 13.5. The third-order valence-corrected chi connectivity index (χ3v) is 4.20. The van der Waals surface area contributed by atoms with E-state index in [0.29, 0.717) is 0 Å². The first kappa shape index (κ1) is 14.1. The second-order valence-electron chi connectivity index (χ2n) is 4.49. The summed E-state index contributed by atoms with van der Waals surface area (Å²) in [6, 6.07) is 12.8. The van der Waals surface area contributed by atoms with Crippen LogP contribution in [0.15, 0.2) is 41.8 Å². The van der Waals surface area contributed by atoms with E-state index in [1.54, 1.807) is 18.4 Å². The molecule has 19 heavy (non-hydrogen) atoms. The Morgan fingerprint density at radius 1 is 1.32 bits per heavy atom. The van der Waals surface area contributed by atoms with E-state index in [4.69, 9.17) is 10.6 Å². The first-order valence-electron chi connectivity index (χ1n) is 6.46. The predicted molar refractivity (Wildman–Crippen MR) is 80.3 cm³/mol. The molecule has 3 N–H and O–H groups in total. The van der Waals surface area contributed by atoms with Crippen molar-refractivity contribution in [3.8, 4) is 5.75 Å². The highest BCUT2D eigenvalue weighted by molar-refractivity contribution is 7.10. The van der Waals surface area contributed by atoms with Gasteiger partial charge in [-0.05, 0) is 30.9 Å². The molecule has 1 aromatic heterocycles. The summed E-state index contributed by atoms with van der Waals surface area (Å²) in [5.74, 6) is 6.56. The van der Waals surface area contributed by atoms with E-state index < -0.39 is 0 Å². The van der Waals surface area contributed by atoms with Gasteiger partial charge in [-0.3, -0.25) is 11.3 Å². The molecule has 0 spiro atoms. The number of aryl methyl sites for hydroxylation is 1. The number of nitrogens with two attached hydrogens (primary N) is 1. The minimum Gasteiger partial charge on any atom is -0.496 e. The van der Waals surface area contributed by atoms with Gasteiger partial charge < -0.3 is 4.74 Å². The lowest BCUT2D eigenvalue weighted by molar-refractivity contribution is 0.415. The molecule has 0 aliphatic rings. The lowest BCUT2D eigenvalue weighted by atomic mass is 10.0. The maximum absolute atomic E-state index is 5.65. The van der Waals surface area contributed by atoms with Crippen LogP contribution in [0, 0.1) is 0 Å². The van der Waals surface area contributed by atoms with E-state index in [1.807, 2.05) is 11.4 Å². The average molecular weight is 276 g/mol. The smallest absolute Gasteiger partial charge is 0.129 e. The van der Waals surface area contributed by atoms with Gasteiger partial charge in [0.2, 0.25) is 0 Å². The summed E-state index contributed by atoms with van der Waals surface area (Å²) in [4.78, 5) is 1.23. The van der Waals surface area contributed by atoms with Crippen molar-refractivity contribution in [2.24, 2.45) is 5.84 Å². The Labute approximate surface area is 118 Å². The van der Waals surface area contributed by atoms with E-state index in [2.05, 4.69) is 35.8 Å². The summed E-state index contributed by atoms with van der Waals surface area (Å²) in [5, 5.41) is 2.01. The molecule has 102 valence electrons. The molecule has 1 aromatic carbocycles. The molecule has 0 aliphatic carbocycles. The van der Waals surface area contributed by atoms with Crippen LogP contribution in [0.25, 0.3) is 0 Å². The number of hydrogen-bond acceptors (Lipinski definition) is 4. The first-order valence-corrected chi connectivity index (χ1v) is 7.34. The van der Waals surface area contributed by atoms with Crippen LogP contribution in [0.1, 0.15) is 29.3 Å². The van der Waals surface area contributed by atoms with E-state index in [-0.39, 0.29) is 6.04 Å². The van der Waals surface area contributed by atoms with Gasteiger partial charge in [0.15, 0.2) is 0 Å². The first-order chi connectivity index (χ1) is 9.33. The molecule has 2 rings (SSSR count). The zero-order valence-corrected chi connectivity index (χ0v) is 12.0. The van der Waals surface area contributed by atoms with Gasteiger partial charge in [0, 0.05) is 10.3 Å². The van der Waals surface area contributed by atoms with Crippen LogP contribution in [0.2, 0.25) is 0 Å². The molecular formula is C15H20N2OS. The van der Waals surface area contributed by atoms with Gasteiger partial charge >= 0.3 is 0 Å². The van der Waals surface area contributed by atoms with E-state index >= 15 is 0 Å². The van der Waals surface area contributed by atoms with Crippen LogP contribution in [-0.2, 0) is 6.42 Å². The van der Waals surface area contributed by atoms with Crippen LogP contribution in [-0.4, -0.2) is 7.11 Å². The Morgan fingerprint density at radius 2 is 2.11 bits per heavy atom. The lowest BCUT2D eigenvalue weighted by Gasteiger charge is -2.13. The number of hydrogen-bond donors (Lipinski definition) is 2. The minimum absolute atomic E-state index is 0.206. The molecule has 0 saturated heterocycles. The molecular weight excluding hydrogens is 256 g/mol. The van der Waals surface area contributed by atoms with Gasteiger partial charge in [-0.1, -0.05) is 30.3 Å². The van der Waals surface area contributed by atoms with Crippen molar-refractivity contribution < 1.29 is 4.74 Å². The highest BCUT2D eigenvalue weighted by atomic mass is 32.1. The van der Waals surface area contributed by atoms with Crippen molar-refractivity contribution in [3.05, 3.63) is 52.2 Å². The number of benzene rings is 1.